The molecule has 2 heteroatoms. The van der Waals surface area contributed by atoms with Crippen LogP contribution < -0.4 is 0 Å². The van der Waals surface area contributed by atoms with Crippen LogP contribution in [0.1, 0.15) is 19.3 Å². The minimum absolute atomic E-state index is 0.474. The second-order valence-electron chi connectivity index (χ2n) is 4.62. The number of thioether (sulfide) groups is 1. The summed E-state index contributed by atoms with van der Waals surface area (Å²) in [5.41, 5.74) is 1.60. The van der Waals surface area contributed by atoms with Crippen molar-refractivity contribution in [2.45, 2.75) is 24.0 Å². The zero-order chi connectivity index (χ0) is 9.60. The summed E-state index contributed by atoms with van der Waals surface area (Å²) >= 11 is 2.20. The molecule has 0 aromatic heterocycles. The maximum atomic E-state index is 2.47. The molecule has 1 nitrogen and oxygen atoms in total. The highest BCUT2D eigenvalue weighted by molar-refractivity contribution is 8.01. The van der Waals surface area contributed by atoms with Crippen LogP contribution in [-0.4, -0.2) is 29.0 Å². The first-order valence-corrected chi connectivity index (χ1v) is 6.54. The van der Waals surface area contributed by atoms with Gasteiger partial charge in [-0.05, 0) is 37.0 Å². The summed E-state index contributed by atoms with van der Waals surface area (Å²) in [5, 5.41) is 0. The SMILES string of the molecule is CN1CCC2CCSC23CC=CC=C13. The lowest BCUT2D eigenvalue weighted by Gasteiger charge is -2.47. The van der Waals surface area contributed by atoms with E-state index in [0.29, 0.717) is 4.75 Å². The molecule has 0 saturated carbocycles. The molecule has 0 aromatic rings. The lowest BCUT2D eigenvalue weighted by atomic mass is 9.77. The van der Waals surface area contributed by atoms with Crippen LogP contribution in [0.5, 0.6) is 0 Å². The number of allylic oxidation sites excluding steroid dienone is 3. The number of rotatable bonds is 0. The first-order chi connectivity index (χ1) is 6.83. The molecule has 1 aliphatic carbocycles. The lowest BCUT2D eigenvalue weighted by Crippen LogP contribution is -2.46. The Balaban J connectivity index is 2.04. The molecular formula is C12H17NS. The smallest absolute Gasteiger partial charge is 0.0620 e. The molecule has 14 heavy (non-hydrogen) atoms. The van der Waals surface area contributed by atoms with Gasteiger partial charge in [0.2, 0.25) is 0 Å². The molecule has 3 aliphatic rings. The van der Waals surface area contributed by atoms with Crippen molar-refractivity contribution in [3.63, 3.8) is 0 Å². The van der Waals surface area contributed by atoms with Crippen LogP contribution >= 0.6 is 11.8 Å². The monoisotopic (exact) mass is 207 g/mol. The van der Waals surface area contributed by atoms with E-state index in [2.05, 4.69) is 41.9 Å². The average Bonchev–Trinajstić information content (AvgIpc) is 2.61. The van der Waals surface area contributed by atoms with Gasteiger partial charge in [-0.3, -0.25) is 0 Å². The van der Waals surface area contributed by atoms with E-state index in [1.54, 1.807) is 5.70 Å². The van der Waals surface area contributed by atoms with Gasteiger partial charge in [0.05, 0.1) is 4.75 Å². The third kappa shape index (κ3) is 1.04. The van der Waals surface area contributed by atoms with Gasteiger partial charge in [-0.15, -0.1) is 11.8 Å². The van der Waals surface area contributed by atoms with E-state index in [9.17, 15) is 0 Å². The molecule has 0 N–H and O–H groups in total. The molecule has 1 spiro atoms. The van der Waals surface area contributed by atoms with Crippen molar-refractivity contribution in [3.8, 4) is 0 Å². The normalized spacial score (nSPS) is 40.5. The van der Waals surface area contributed by atoms with Crippen LogP contribution in [0.2, 0.25) is 0 Å². The summed E-state index contributed by atoms with van der Waals surface area (Å²) in [6, 6.07) is 0. The van der Waals surface area contributed by atoms with Crippen LogP contribution in [0.15, 0.2) is 23.9 Å². The highest BCUT2D eigenvalue weighted by atomic mass is 32.2. The maximum Gasteiger partial charge on any atom is 0.0620 e. The molecule has 3 rings (SSSR count). The number of hydrogen-bond donors (Lipinski definition) is 0. The van der Waals surface area contributed by atoms with E-state index in [4.69, 9.17) is 0 Å². The number of likely N-dealkylation sites (tertiary alicyclic amines) is 1. The van der Waals surface area contributed by atoms with Crippen LogP contribution in [0.3, 0.4) is 0 Å². The molecule has 0 radical (unpaired) electrons. The quantitative estimate of drug-likeness (QED) is 0.601. The highest BCUT2D eigenvalue weighted by Crippen LogP contribution is 2.55. The van der Waals surface area contributed by atoms with Crippen molar-refractivity contribution in [2.24, 2.45) is 5.92 Å². The van der Waals surface area contributed by atoms with E-state index in [0.717, 1.165) is 5.92 Å². The number of nitrogens with zero attached hydrogens (tertiary/aromatic N) is 1. The highest BCUT2D eigenvalue weighted by Gasteiger charge is 2.49. The molecule has 2 heterocycles. The summed E-state index contributed by atoms with van der Waals surface area (Å²) in [6.07, 6.45) is 11.0. The van der Waals surface area contributed by atoms with Crippen LogP contribution in [-0.2, 0) is 0 Å². The zero-order valence-corrected chi connectivity index (χ0v) is 9.52. The maximum absolute atomic E-state index is 2.47. The summed E-state index contributed by atoms with van der Waals surface area (Å²) in [7, 11) is 2.25. The van der Waals surface area contributed by atoms with Gasteiger partial charge >= 0.3 is 0 Å². The van der Waals surface area contributed by atoms with Gasteiger partial charge in [-0.25, -0.2) is 0 Å². The summed E-state index contributed by atoms with van der Waals surface area (Å²) in [5.74, 6) is 2.31. The molecule has 2 unspecified atom stereocenters. The van der Waals surface area contributed by atoms with Crippen LogP contribution in [0.25, 0.3) is 0 Å². The Labute approximate surface area is 90.2 Å². The van der Waals surface area contributed by atoms with E-state index < -0.39 is 0 Å². The lowest BCUT2D eigenvalue weighted by molar-refractivity contribution is 0.231. The minimum Gasteiger partial charge on any atom is -0.377 e. The van der Waals surface area contributed by atoms with Gasteiger partial charge in [0.15, 0.2) is 0 Å². The van der Waals surface area contributed by atoms with Crippen LogP contribution in [0, 0.1) is 5.92 Å². The Morgan fingerprint density at radius 3 is 3.36 bits per heavy atom. The molecule has 0 bridgehead atoms. The largest absolute Gasteiger partial charge is 0.377 e. The Bertz CT molecular complexity index is 307. The van der Waals surface area contributed by atoms with E-state index in [1.165, 1.54) is 31.6 Å². The van der Waals surface area contributed by atoms with Crippen molar-refractivity contribution in [1.82, 2.24) is 4.90 Å². The summed E-state index contributed by atoms with van der Waals surface area (Å²) < 4.78 is 0.474. The Kier molecular flexibility index (Phi) is 1.94. The Morgan fingerprint density at radius 1 is 1.50 bits per heavy atom. The number of hydrogen-bond acceptors (Lipinski definition) is 2. The van der Waals surface area contributed by atoms with Crippen molar-refractivity contribution in [3.05, 3.63) is 23.9 Å². The van der Waals surface area contributed by atoms with Gasteiger partial charge in [-0.1, -0.05) is 12.2 Å². The van der Waals surface area contributed by atoms with Crippen LogP contribution in [0.4, 0.5) is 0 Å². The first kappa shape index (κ1) is 8.90. The van der Waals surface area contributed by atoms with Gasteiger partial charge < -0.3 is 4.90 Å². The molecule has 76 valence electrons. The molecule has 2 saturated heterocycles. The van der Waals surface area contributed by atoms with Gasteiger partial charge in [0.1, 0.15) is 0 Å². The first-order valence-electron chi connectivity index (χ1n) is 5.55. The fraction of sp³-hybridized carbons (Fsp3) is 0.667. The molecule has 2 fully saturated rings. The summed E-state index contributed by atoms with van der Waals surface area (Å²) in [4.78, 5) is 2.47. The summed E-state index contributed by atoms with van der Waals surface area (Å²) in [6.45, 7) is 1.26. The second kappa shape index (κ2) is 3.06. The van der Waals surface area contributed by atoms with Crippen molar-refractivity contribution in [2.75, 3.05) is 19.3 Å². The standard InChI is InChI=1S/C12H17NS/c1-13-8-5-10-6-9-14-12(10)7-3-2-4-11(12)13/h2-4,10H,5-9H2,1H3. The Hall–Kier alpha value is -0.370. The van der Waals surface area contributed by atoms with E-state index >= 15 is 0 Å². The van der Waals surface area contributed by atoms with E-state index in [-0.39, 0.29) is 0 Å². The molecule has 0 aromatic carbocycles. The fourth-order valence-electron chi connectivity index (χ4n) is 3.19. The zero-order valence-electron chi connectivity index (χ0n) is 8.70. The predicted octanol–water partition coefficient (Wildman–Crippen LogP) is 2.66. The van der Waals surface area contributed by atoms with Crippen molar-refractivity contribution in [1.29, 1.82) is 0 Å². The number of piperidine rings is 1. The fourth-order valence-corrected chi connectivity index (χ4v) is 5.01. The van der Waals surface area contributed by atoms with Crippen molar-refractivity contribution < 1.29 is 0 Å². The van der Waals surface area contributed by atoms with Gasteiger partial charge in [0.25, 0.3) is 0 Å². The van der Waals surface area contributed by atoms with E-state index in [1.807, 2.05) is 0 Å². The Morgan fingerprint density at radius 2 is 2.43 bits per heavy atom. The molecule has 0 amide bonds. The van der Waals surface area contributed by atoms with Gasteiger partial charge in [-0.2, -0.15) is 0 Å². The van der Waals surface area contributed by atoms with Crippen molar-refractivity contribution >= 4 is 11.8 Å². The third-order valence-electron chi connectivity index (χ3n) is 3.95. The van der Waals surface area contributed by atoms with Gasteiger partial charge in [0, 0.05) is 19.3 Å². The molecular weight excluding hydrogens is 190 g/mol. The third-order valence-corrected chi connectivity index (χ3v) is 5.62. The topological polar surface area (TPSA) is 3.24 Å². The minimum atomic E-state index is 0.474. The molecule has 2 aliphatic heterocycles. The second-order valence-corrected chi connectivity index (χ2v) is 6.04. The predicted molar refractivity (Wildman–Crippen MR) is 62.4 cm³/mol. The average molecular weight is 207 g/mol. The molecule has 2 atom stereocenters.